The van der Waals surface area contributed by atoms with Crippen LogP contribution in [0.3, 0.4) is 0 Å². The van der Waals surface area contributed by atoms with E-state index in [-0.39, 0.29) is 8.58 Å². The lowest BCUT2D eigenvalue weighted by Gasteiger charge is -2.39. The van der Waals surface area contributed by atoms with Gasteiger partial charge >= 0.3 is 0 Å². The van der Waals surface area contributed by atoms with Crippen molar-refractivity contribution in [2.75, 3.05) is 0 Å². The van der Waals surface area contributed by atoms with Gasteiger partial charge in [-0.25, -0.2) is 13.2 Å². The fraction of sp³-hybridized carbons (Fsp3) is 0.472. The van der Waals surface area contributed by atoms with E-state index in [1.54, 1.807) is 0 Å². The minimum atomic E-state index is -1.27. The molecule has 4 aromatic rings. The van der Waals surface area contributed by atoms with E-state index in [0.717, 1.165) is 77.4 Å². The first-order valence-corrected chi connectivity index (χ1v) is 23.5. The Balaban J connectivity index is 1.56. The zero-order valence-corrected chi connectivity index (χ0v) is 36.2. The van der Waals surface area contributed by atoms with Crippen molar-refractivity contribution in [3.8, 4) is 0 Å². The van der Waals surface area contributed by atoms with E-state index in [1.807, 2.05) is 19.1 Å². The van der Waals surface area contributed by atoms with Crippen LogP contribution < -0.4 is 5.30 Å². The Kier molecular flexibility index (Phi) is 18.7. The van der Waals surface area contributed by atoms with E-state index >= 15 is 8.78 Å². The van der Waals surface area contributed by atoms with Crippen LogP contribution in [0.25, 0.3) is 16.8 Å². The Morgan fingerprint density at radius 1 is 0.684 bits per heavy atom. The summed E-state index contributed by atoms with van der Waals surface area (Å²) in [5, 5.41) is 3.45. The molecule has 0 aliphatic heterocycles. The number of aryl methyl sites for hydroxylation is 1. The SMILES string of the molecule is C/C=C/C(Pc1ccc(F)cc1F)=C(/C(F)CCCCCCCCCCCCCC)C1(c2c(CCCCCCCC)ccc3ccccc23)C=Cc2ccccc21. The van der Waals surface area contributed by atoms with Crippen molar-refractivity contribution < 1.29 is 13.2 Å². The molecule has 5 rings (SSSR count). The van der Waals surface area contributed by atoms with Crippen molar-refractivity contribution in [2.24, 2.45) is 0 Å². The Morgan fingerprint density at radius 2 is 1.30 bits per heavy atom. The largest absolute Gasteiger partial charge is 0.243 e. The molecule has 0 amide bonds. The third kappa shape index (κ3) is 12.1. The lowest BCUT2D eigenvalue weighted by atomic mass is 9.65. The van der Waals surface area contributed by atoms with Gasteiger partial charge in [-0.05, 0) is 82.2 Å². The molecule has 0 radical (unpaired) electrons. The summed E-state index contributed by atoms with van der Waals surface area (Å²) in [6, 6.07) is 25.3. The summed E-state index contributed by atoms with van der Waals surface area (Å²) < 4.78 is 47.8. The van der Waals surface area contributed by atoms with Crippen LogP contribution in [-0.2, 0) is 11.8 Å². The highest BCUT2D eigenvalue weighted by atomic mass is 31.1. The maximum Gasteiger partial charge on any atom is 0.133 e. The highest BCUT2D eigenvalue weighted by molar-refractivity contribution is 7.52. The van der Waals surface area contributed by atoms with E-state index < -0.39 is 23.2 Å². The van der Waals surface area contributed by atoms with Crippen LogP contribution in [0.4, 0.5) is 13.2 Å². The van der Waals surface area contributed by atoms with Crippen LogP contribution in [-0.4, -0.2) is 6.17 Å². The third-order valence-corrected chi connectivity index (χ3v) is 13.4. The first kappa shape index (κ1) is 44.7. The van der Waals surface area contributed by atoms with Crippen molar-refractivity contribution in [3.63, 3.8) is 0 Å². The first-order chi connectivity index (χ1) is 27.9. The predicted octanol–water partition coefficient (Wildman–Crippen LogP) is 16.6. The molecule has 0 fully saturated rings. The summed E-state index contributed by atoms with van der Waals surface area (Å²) in [4.78, 5) is 0. The van der Waals surface area contributed by atoms with E-state index in [0.29, 0.717) is 17.3 Å². The van der Waals surface area contributed by atoms with Gasteiger partial charge in [0.1, 0.15) is 17.8 Å². The lowest BCUT2D eigenvalue weighted by Crippen LogP contribution is -2.34. The average molecular weight is 793 g/mol. The molecule has 0 N–H and O–H groups in total. The van der Waals surface area contributed by atoms with Gasteiger partial charge in [-0.3, -0.25) is 0 Å². The zero-order chi connectivity index (χ0) is 40.3. The van der Waals surface area contributed by atoms with Crippen molar-refractivity contribution in [1.29, 1.82) is 0 Å². The zero-order valence-electron chi connectivity index (χ0n) is 35.2. The number of benzene rings is 4. The summed E-state index contributed by atoms with van der Waals surface area (Å²) in [5.74, 6) is -1.19. The van der Waals surface area contributed by atoms with Gasteiger partial charge in [0.2, 0.25) is 0 Å². The number of allylic oxidation sites excluding steroid dienone is 5. The van der Waals surface area contributed by atoms with Crippen molar-refractivity contribution in [3.05, 3.63) is 142 Å². The van der Waals surface area contributed by atoms with Gasteiger partial charge in [-0.1, -0.05) is 217 Å². The Hall–Kier alpha value is -3.42. The topological polar surface area (TPSA) is 0 Å². The van der Waals surface area contributed by atoms with Crippen LogP contribution in [0.2, 0.25) is 0 Å². The smallest absolute Gasteiger partial charge is 0.133 e. The van der Waals surface area contributed by atoms with Crippen LogP contribution in [0.15, 0.2) is 108 Å². The van der Waals surface area contributed by atoms with E-state index in [4.69, 9.17) is 0 Å². The minimum Gasteiger partial charge on any atom is -0.243 e. The van der Waals surface area contributed by atoms with Gasteiger partial charge in [0.15, 0.2) is 0 Å². The predicted molar refractivity (Wildman–Crippen MR) is 244 cm³/mol. The molecule has 306 valence electrons. The molecule has 0 aromatic heterocycles. The number of hydrogen-bond donors (Lipinski definition) is 0. The normalized spacial score (nSPS) is 16.3. The molecule has 0 heterocycles. The average Bonchev–Trinajstić information content (AvgIpc) is 3.60. The van der Waals surface area contributed by atoms with Crippen LogP contribution >= 0.6 is 8.58 Å². The van der Waals surface area contributed by atoms with Gasteiger partial charge in [-0.2, -0.15) is 0 Å². The standard InChI is InChI=1S/C53H68F3P/c1-4-7-9-11-13-14-15-16-17-18-20-22-33-47(55)52(50(27-6-3)57-49-37-36-44(54)40-48(49)56)53(39-38-42-29-24-26-32-46(42)53)51-43(30-21-19-12-10-8-5-2)35-34-41-28-23-25-31-45(41)51/h6,23-29,31-32,34-40,47,57H,4-5,7-22,30,33H2,1-3H3/b27-6+,52-50+. The monoisotopic (exact) mass is 793 g/mol. The lowest BCUT2D eigenvalue weighted by molar-refractivity contribution is 0.328. The van der Waals surface area contributed by atoms with Gasteiger partial charge < -0.3 is 0 Å². The summed E-state index contributed by atoms with van der Waals surface area (Å²) in [7, 11) is -0.184. The molecule has 0 saturated heterocycles. The van der Waals surface area contributed by atoms with Crippen molar-refractivity contribution in [1.82, 2.24) is 0 Å². The second-order valence-electron chi connectivity index (χ2n) is 16.3. The molecule has 1 aliphatic carbocycles. The Morgan fingerprint density at radius 3 is 1.96 bits per heavy atom. The molecule has 0 nitrogen and oxygen atoms in total. The summed E-state index contributed by atoms with van der Waals surface area (Å²) in [5.41, 5.74) is 4.34. The van der Waals surface area contributed by atoms with E-state index in [1.165, 1.54) is 101 Å². The molecular formula is C53H68F3P. The summed E-state index contributed by atoms with van der Waals surface area (Å²) in [6.07, 6.45) is 30.3. The molecule has 0 bridgehead atoms. The highest BCUT2D eigenvalue weighted by Gasteiger charge is 2.46. The van der Waals surface area contributed by atoms with Gasteiger partial charge in [0, 0.05) is 11.4 Å². The van der Waals surface area contributed by atoms with Gasteiger partial charge in [0.05, 0.1) is 5.41 Å². The molecule has 0 spiro atoms. The number of fused-ring (bicyclic) bond motifs is 2. The van der Waals surface area contributed by atoms with Gasteiger partial charge in [0.25, 0.3) is 0 Å². The van der Waals surface area contributed by atoms with Crippen molar-refractivity contribution >= 4 is 30.7 Å². The van der Waals surface area contributed by atoms with Gasteiger partial charge in [-0.15, -0.1) is 0 Å². The molecule has 1 aliphatic rings. The number of hydrogen-bond acceptors (Lipinski definition) is 0. The number of unbranched alkanes of at least 4 members (excludes halogenated alkanes) is 16. The Labute approximate surface area is 345 Å². The third-order valence-electron chi connectivity index (χ3n) is 12.0. The van der Waals surface area contributed by atoms with Crippen LogP contribution in [0, 0.1) is 11.6 Å². The van der Waals surface area contributed by atoms with Crippen molar-refractivity contribution in [2.45, 2.75) is 161 Å². The van der Waals surface area contributed by atoms with Crippen LogP contribution in [0.5, 0.6) is 0 Å². The molecule has 3 atom stereocenters. The highest BCUT2D eigenvalue weighted by Crippen LogP contribution is 2.55. The molecule has 57 heavy (non-hydrogen) atoms. The molecule has 3 unspecified atom stereocenters. The summed E-state index contributed by atoms with van der Waals surface area (Å²) in [6.45, 7) is 6.47. The fourth-order valence-corrected chi connectivity index (χ4v) is 10.4. The molecule has 4 aromatic carbocycles. The molecule has 0 saturated carbocycles. The minimum absolute atomic E-state index is 0.184. The number of alkyl halides is 1. The maximum absolute atomic E-state index is 18.1. The second-order valence-corrected chi connectivity index (χ2v) is 17.6. The number of halogens is 3. The van der Waals surface area contributed by atoms with E-state index in [2.05, 4.69) is 86.7 Å². The molecule has 4 heteroatoms. The Bertz CT molecular complexity index is 1920. The maximum atomic E-state index is 18.1. The number of rotatable bonds is 26. The fourth-order valence-electron chi connectivity index (χ4n) is 9.02. The quantitative estimate of drug-likeness (QED) is 0.0337. The van der Waals surface area contributed by atoms with Crippen LogP contribution in [0.1, 0.15) is 165 Å². The van der Waals surface area contributed by atoms with E-state index in [9.17, 15) is 4.39 Å². The molecular weight excluding hydrogens is 725 g/mol. The summed E-state index contributed by atoms with van der Waals surface area (Å²) >= 11 is 0. The second kappa shape index (κ2) is 23.9. The first-order valence-electron chi connectivity index (χ1n) is 22.5.